The minimum Gasteiger partial charge on any atom is -0.382 e. The molecule has 0 unspecified atom stereocenters. The van der Waals surface area contributed by atoms with Crippen molar-refractivity contribution in [1.29, 1.82) is 0 Å². The van der Waals surface area contributed by atoms with Gasteiger partial charge in [-0.2, -0.15) is 0 Å². The molecule has 0 saturated carbocycles. The summed E-state index contributed by atoms with van der Waals surface area (Å²) in [6.45, 7) is 4.25. The molecule has 0 atom stereocenters. The molecule has 0 bridgehead atoms. The lowest BCUT2D eigenvalue weighted by Crippen LogP contribution is -2.11. The standard InChI is InChI=1S/C20H20ClN3/c1-14(2)23-18-11-12-22-20(19(18)15-7-4-3-5-8-15)24-17-10-6-9-16(21)13-17/h3-14H,1-2H3,(H2,22,23,24). The van der Waals surface area contributed by atoms with Crippen molar-refractivity contribution >= 4 is 28.8 Å². The van der Waals surface area contributed by atoms with E-state index < -0.39 is 0 Å². The van der Waals surface area contributed by atoms with E-state index in [1.807, 2.05) is 54.7 Å². The van der Waals surface area contributed by atoms with Crippen LogP contribution in [0.4, 0.5) is 17.2 Å². The van der Waals surface area contributed by atoms with E-state index in [1.54, 1.807) is 0 Å². The third-order valence-corrected chi connectivity index (χ3v) is 3.78. The maximum absolute atomic E-state index is 6.10. The molecule has 122 valence electrons. The maximum Gasteiger partial charge on any atom is 0.140 e. The van der Waals surface area contributed by atoms with Crippen LogP contribution < -0.4 is 10.6 Å². The van der Waals surface area contributed by atoms with E-state index in [0.29, 0.717) is 11.1 Å². The average molecular weight is 338 g/mol. The first-order chi connectivity index (χ1) is 11.6. The Labute approximate surface area is 147 Å². The van der Waals surface area contributed by atoms with Gasteiger partial charge < -0.3 is 10.6 Å². The van der Waals surface area contributed by atoms with Gasteiger partial charge in [0.1, 0.15) is 5.82 Å². The van der Waals surface area contributed by atoms with Crippen LogP contribution in [0.15, 0.2) is 66.9 Å². The van der Waals surface area contributed by atoms with Crippen LogP contribution in [-0.4, -0.2) is 11.0 Å². The van der Waals surface area contributed by atoms with Crippen molar-refractivity contribution in [1.82, 2.24) is 4.98 Å². The van der Waals surface area contributed by atoms with Crippen LogP contribution in [0.1, 0.15) is 13.8 Å². The molecule has 0 aliphatic heterocycles. The second-order valence-electron chi connectivity index (χ2n) is 5.88. The molecular formula is C20H20ClN3. The number of hydrogen-bond acceptors (Lipinski definition) is 3. The maximum atomic E-state index is 6.10. The number of anilines is 3. The molecule has 0 spiro atoms. The summed E-state index contributed by atoms with van der Waals surface area (Å²) in [5.74, 6) is 0.800. The summed E-state index contributed by atoms with van der Waals surface area (Å²) >= 11 is 6.10. The first-order valence-electron chi connectivity index (χ1n) is 7.97. The molecule has 3 rings (SSSR count). The van der Waals surface area contributed by atoms with E-state index in [1.165, 1.54) is 0 Å². The first-order valence-corrected chi connectivity index (χ1v) is 8.35. The summed E-state index contributed by atoms with van der Waals surface area (Å²) in [7, 11) is 0. The smallest absolute Gasteiger partial charge is 0.140 e. The van der Waals surface area contributed by atoms with Gasteiger partial charge in [-0.1, -0.05) is 48.0 Å². The summed E-state index contributed by atoms with van der Waals surface area (Å²) in [6, 6.07) is 20.2. The minimum absolute atomic E-state index is 0.328. The third-order valence-electron chi connectivity index (χ3n) is 3.54. The molecule has 4 heteroatoms. The molecule has 0 aliphatic rings. The Morgan fingerprint density at radius 3 is 2.46 bits per heavy atom. The van der Waals surface area contributed by atoms with Crippen molar-refractivity contribution in [3.8, 4) is 11.1 Å². The second-order valence-corrected chi connectivity index (χ2v) is 6.32. The fraction of sp³-hybridized carbons (Fsp3) is 0.150. The van der Waals surface area contributed by atoms with E-state index in [2.05, 4.69) is 41.6 Å². The Hall–Kier alpha value is -2.52. The highest BCUT2D eigenvalue weighted by Gasteiger charge is 2.13. The zero-order valence-electron chi connectivity index (χ0n) is 13.8. The highest BCUT2D eigenvalue weighted by atomic mass is 35.5. The summed E-state index contributed by atoms with van der Waals surface area (Å²) in [6.07, 6.45) is 1.81. The monoisotopic (exact) mass is 337 g/mol. The Morgan fingerprint density at radius 2 is 1.75 bits per heavy atom. The number of hydrogen-bond donors (Lipinski definition) is 2. The molecule has 0 amide bonds. The molecule has 0 saturated heterocycles. The van der Waals surface area contributed by atoms with Crippen LogP contribution in [-0.2, 0) is 0 Å². The van der Waals surface area contributed by atoms with Crippen molar-refractivity contribution < 1.29 is 0 Å². The van der Waals surface area contributed by atoms with Crippen LogP contribution in [0, 0.1) is 0 Å². The van der Waals surface area contributed by atoms with Gasteiger partial charge in [-0.05, 0) is 43.7 Å². The quantitative estimate of drug-likeness (QED) is 0.602. The van der Waals surface area contributed by atoms with Crippen molar-refractivity contribution in [3.05, 3.63) is 71.9 Å². The van der Waals surface area contributed by atoms with Gasteiger partial charge in [-0.25, -0.2) is 4.98 Å². The molecule has 0 radical (unpaired) electrons. The van der Waals surface area contributed by atoms with E-state index in [9.17, 15) is 0 Å². The topological polar surface area (TPSA) is 37.0 Å². The third kappa shape index (κ3) is 3.87. The molecule has 1 aromatic heterocycles. The molecular weight excluding hydrogens is 318 g/mol. The Balaban J connectivity index is 2.08. The number of nitrogens with one attached hydrogen (secondary N) is 2. The van der Waals surface area contributed by atoms with Gasteiger partial charge in [0.15, 0.2) is 0 Å². The van der Waals surface area contributed by atoms with Gasteiger partial charge in [0, 0.05) is 34.2 Å². The number of halogens is 1. The molecule has 0 aliphatic carbocycles. The van der Waals surface area contributed by atoms with Gasteiger partial charge in [0.05, 0.1) is 0 Å². The second kappa shape index (κ2) is 7.37. The van der Waals surface area contributed by atoms with Crippen LogP contribution in [0.25, 0.3) is 11.1 Å². The van der Waals surface area contributed by atoms with E-state index in [-0.39, 0.29) is 0 Å². The molecule has 24 heavy (non-hydrogen) atoms. The van der Waals surface area contributed by atoms with Crippen LogP contribution >= 0.6 is 11.6 Å². The normalized spacial score (nSPS) is 10.7. The van der Waals surface area contributed by atoms with Crippen molar-refractivity contribution in [2.45, 2.75) is 19.9 Å². The van der Waals surface area contributed by atoms with E-state index in [4.69, 9.17) is 11.6 Å². The first kappa shape index (κ1) is 16.3. The van der Waals surface area contributed by atoms with Crippen molar-refractivity contribution in [2.75, 3.05) is 10.6 Å². The van der Waals surface area contributed by atoms with Gasteiger partial charge in [0.25, 0.3) is 0 Å². The van der Waals surface area contributed by atoms with E-state index >= 15 is 0 Å². The number of nitrogens with zero attached hydrogens (tertiary/aromatic N) is 1. The number of pyridine rings is 1. The Bertz CT molecular complexity index is 816. The largest absolute Gasteiger partial charge is 0.382 e. The summed E-state index contributed by atoms with van der Waals surface area (Å²) in [5.41, 5.74) is 4.12. The molecule has 2 aromatic carbocycles. The zero-order valence-corrected chi connectivity index (χ0v) is 14.5. The highest BCUT2D eigenvalue weighted by molar-refractivity contribution is 6.30. The predicted octanol–water partition coefficient (Wildman–Crippen LogP) is 5.97. The SMILES string of the molecule is CC(C)Nc1ccnc(Nc2cccc(Cl)c2)c1-c1ccccc1. The van der Waals surface area contributed by atoms with Crippen LogP contribution in [0.2, 0.25) is 5.02 Å². The lowest BCUT2D eigenvalue weighted by Gasteiger charge is -2.18. The van der Waals surface area contributed by atoms with Crippen molar-refractivity contribution in [3.63, 3.8) is 0 Å². The van der Waals surface area contributed by atoms with Gasteiger partial charge >= 0.3 is 0 Å². The fourth-order valence-corrected chi connectivity index (χ4v) is 2.78. The zero-order chi connectivity index (χ0) is 16.9. The number of aromatic nitrogens is 1. The predicted molar refractivity (Wildman–Crippen MR) is 103 cm³/mol. The van der Waals surface area contributed by atoms with Crippen LogP contribution in [0.5, 0.6) is 0 Å². The molecule has 3 nitrogen and oxygen atoms in total. The summed E-state index contributed by atoms with van der Waals surface area (Å²) in [4.78, 5) is 4.55. The fourth-order valence-electron chi connectivity index (χ4n) is 2.59. The number of rotatable bonds is 5. The molecule has 3 aromatic rings. The lowest BCUT2D eigenvalue weighted by molar-refractivity contribution is 0.899. The lowest BCUT2D eigenvalue weighted by atomic mass is 10.0. The highest BCUT2D eigenvalue weighted by Crippen LogP contribution is 2.35. The number of benzene rings is 2. The molecule has 1 heterocycles. The van der Waals surface area contributed by atoms with Gasteiger partial charge in [-0.15, -0.1) is 0 Å². The Kier molecular flexibility index (Phi) is 5.02. The van der Waals surface area contributed by atoms with Gasteiger partial charge in [0.2, 0.25) is 0 Å². The summed E-state index contributed by atoms with van der Waals surface area (Å²) in [5, 5.41) is 7.59. The molecule has 2 N–H and O–H groups in total. The Morgan fingerprint density at radius 1 is 0.958 bits per heavy atom. The van der Waals surface area contributed by atoms with E-state index in [0.717, 1.165) is 28.3 Å². The van der Waals surface area contributed by atoms with Crippen LogP contribution in [0.3, 0.4) is 0 Å². The average Bonchev–Trinajstić information content (AvgIpc) is 2.55. The summed E-state index contributed by atoms with van der Waals surface area (Å²) < 4.78 is 0. The van der Waals surface area contributed by atoms with Gasteiger partial charge in [-0.3, -0.25) is 0 Å². The minimum atomic E-state index is 0.328. The molecule has 0 fully saturated rings. The van der Waals surface area contributed by atoms with Crippen molar-refractivity contribution in [2.24, 2.45) is 0 Å².